The number of rotatable bonds is 10. The zero-order valence-corrected chi connectivity index (χ0v) is 13.4. The second-order valence-electron chi connectivity index (χ2n) is 4.96. The van der Waals surface area contributed by atoms with Crippen LogP contribution >= 0.6 is 0 Å². The lowest BCUT2D eigenvalue weighted by Gasteiger charge is -2.20. The lowest BCUT2D eigenvalue weighted by molar-refractivity contribution is -0.136. The first-order valence-corrected chi connectivity index (χ1v) is 7.01. The van der Waals surface area contributed by atoms with Gasteiger partial charge in [0.1, 0.15) is 0 Å². The fourth-order valence-electron chi connectivity index (χ4n) is 1.83. The van der Waals surface area contributed by atoms with Crippen molar-refractivity contribution in [1.29, 1.82) is 0 Å². The Morgan fingerprint density at radius 1 is 1.11 bits per heavy atom. The zero-order chi connectivity index (χ0) is 14.7. The summed E-state index contributed by atoms with van der Waals surface area (Å²) in [5.74, 6) is 0. The molecule has 19 heavy (non-hydrogen) atoms. The van der Waals surface area contributed by atoms with Gasteiger partial charge in [-0.05, 0) is 40.5 Å². The third-order valence-corrected chi connectivity index (χ3v) is 2.90. The standard InChI is InChI=1S/C16H30O3/c1-7-19-16(18-6)12-15(17-5)11-14(4)10-8-9-13(2)3/h9,11,15-16H,7-8,10,12H2,1-6H3. The molecular formula is C16H30O3. The van der Waals surface area contributed by atoms with Crippen molar-refractivity contribution in [2.45, 2.75) is 59.4 Å². The van der Waals surface area contributed by atoms with Gasteiger partial charge < -0.3 is 14.2 Å². The average molecular weight is 270 g/mol. The molecule has 0 aromatic carbocycles. The summed E-state index contributed by atoms with van der Waals surface area (Å²) in [4.78, 5) is 0. The molecule has 0 saturated carbocycles. The van der Waals surface area contributed by atoms with E-state index in [4.69, 9.17) is 14.2 Å². The monoisotopic (exact) mass is 270 g/mol. The van der Waals surface area contributed by atoms with E-state index in [0.717, 1.165) is 19.3 Å². The first kappa shape index (κ1) is 18.4. The van der Waals surface area contributed by atoms with Gasteiger partial charge in [0, 0.05) is 27.2 Å². The maximum Gasteiger partial charge on any atom is 0.159 e. The van der Waals surface area contributed by atoms with E-state index < -0.39 is 0 Å². The Hall–Kier alpha value is -0.640. The minimum atomic E-state index is -0.197. The predicted octanol–water partition coefficient (Wildman–Crippen LogP) is 4.09. The maximum absolute atomic E-state index is 5.48. The van der Waals surface area contributed by atoms with Crippen molar-refractivity contribution < 1.29 is 14.2 Å². The summed E-state index contributed by atoms with van der Waals surface area (Å²) in [6, 6.07) is 0. The van der Waals surface area contributed by atoms with Crippen LogP contribution in [-0.4, -0.2) is 33.2 Å². The van der Waals surface area contributed by atoms with E-state index in [9.17, 15) is 0 Å². The molecule has 2 atom stereocenters. The molecule has 0 aliphatic heterocycles. The molecule has 0 N–H and O–H groups in total. The van der Waals surface area contributed by atoms with Crippen molar-refractivity contribution >= 4 is 0 Å². The third-order valence-electron chi connectivity index (χ3n) is 2.90. The van der Waals surface area contributed by atoms with Gasteiger partial charge in [0.05, 0.1) is 6.10 Å². The van der Waals surface area contributed by atoms with E-state index in [2.05, 4.69) is 32.9 Å². The molecule has 0 rings (SSSR count). The number of ether oxygens (including phenoxy) is 3. The summed E-state index contributed by atoms with van der Waals surface area (Å²) < 4.78 is 16.2. The highest BCUT2D eigenvalue weighted by Gasteiger charge is 2.14. The quantitative estimate of drug-likeness (QED) is 0.442. The van der Waals surface area contributed by atoms with Gasteiger partial charge >= 0.3 is 0 Å². The Bertz CT molecular complexity index is 278. The zero-order valence-electron chi connectivity index (χ0n) is 13.4. The van der Waals surface area contributed by atoms with Crippen molar-refractivity contribution in [1.82, 2.24) is 0 Å². The lowest BCUT2D eigenvalue weighted by Crippen LogP contribution is -2.23. The molecule has 3 nitrogen and oxygen atoms in total. The first-order chi connectivity index (χ1) is 9.03. The van der Waals surface area contributed by atoms with E-state index in [-0.39, 0.29) is 12.4 Å². The number of hydrogen-bond acceptors (Lipinski definition) is 3. The minimum absolute atomic E-state index is 0.0446. The van der Waals surface area contributed by atoms with Gasteiger partial charge in [-0.1, -0.05) is 23.3 Å². The van der Waals surface area contributed by atoms with Crippen LogP contribution < -0.4 is 0 Å². The molecule has 0 saturated heterocycles. The normalized spacial score (nSPS) is 15.2. The fraction of sp³-hybridized carbons (Fsp3) is 0.750. The highest BCUT2D eigenvalue weighted by molar-refractivity contribution is 5.05. The number of methoxy groups -OCH3 is 2. The third kappa shape index (κ3) is 9.88. The highest BCUT2D eigenvalue weighted by atomic mass is 16.7. The molecule has 0 aliphatic carbocycles. The fourth-order valence-corrected chi connectivity index (χ4v) is 1.83. The summed E-state index contributed by atoms with van der Waals surface area (Å²) in [6.45, 7) is 9.02. The van der Waals surface area contributed by atoms with E-state index in [1.54, 1.807) is 14.2 Å². The Morgan fingerprint density at radius 3 is 2.26 bits per heavy atom. The Balaban J connectivity index is 4.30. The molecule has 0 amide bonds. The van der Waals surface area contributed by atoms with Gasteiger partial charge in [0.2, 0.25) is 0 Å². The van der Waals surface area contributed by atoms with Crippen molar-refractivity contribution in [2.24, 2.45) is 0 Å². The lowest BCUT2D eigenvalue weighted by atomic mass is 10.1. The largest absolute Gasteiger partial charge is 0.377 e. The summed E-state index contributed by atoms with van der Waals surface area (Å²) >= 11 is 0. The van der Waals surface area contributed by atoms with Crippen LogP contribution in [0.2, 0.25) is 0 Å². The van der Waals surface area contributed by atoms with Crippen molar-refractivity contribution in [3.8, 4) is 0 Å². The summed E-state index contributed by atoms with van der Waals surface area (Å²) in [6.07, 6.45) is 7.15. The molecule has 0 aromatic rings. The summed E-state index contributed by atoms with van der Waals surface area (Å²) in [5.41, 5.74) is 2.71. The Kier molecular flexibility index (Phi) is 10.8. The first-order valence-electron chi connectivity index (χ1n) is 7.01. The second kappa shape index (κ2) is 11.2. The summed E-state index contributed by atoms with van der Waals surface area (Å²) in [7, 11) is 3.39. The molecule has 3 heteroatoms. The number of allylic oxidation sites excluding steroid dienone is 3. The van der Waals surface area contributed by atoms with Crippen LogP contribution in [0.3, 0.4) is 0 Å². The van der Waals surface area contributed by atoms with Gasteiger partial charge in [-0.2, -0.15) is 0 Å². The number of hydrogen-bond donors (Lipinski definition) is 0. The molecule has 0 spiro atoms. The topological polar surface area (TPSA) is 27.7 Å². The van der Waals surface area contributed by atoms with Crippen molar-refractivity contribution in [2.75, 3.05) is 20.8 Å². The molecule has 0 heterocycles. The molecule has 0 aliphatic rings. The SMILES string of the molecule is CCOC(CC(C=C(C)CCC=C(C)C)OC)OC. The van der Waals surface area contributed by atoms with Crippen LogP contribution in [0, 0.1) is 0 Å². The van der Waals surface area contributed by atoms with Crippen LogP contribution in [0.25, 0.3) is 0 Å². The van der Waals surface area contributed by atoms with Crippen LogP contribution in [-0.2, 0) is 14.2 Å². The maximum atomic E-state index is 5.48. The van der Waals surface area contributed by atoms with E-state index in [0.29, 0.717) is 6.61 Å². The van der Waals surface area contributed by atoms with E-state index in [1.807, 2.05) is 6.92 Å². The van der Waals surface area contributed by atoms with Crippen molar-refractivity contribution in [3.05, 3.63) is 23.3 Å². The predicted molar refractivity (Wildman–Crippen MR) is 80.3 cm³/mol. The Labute approximate surface area is 118 Å². The highest BCUT2D eigenvalue weighted by Crippen LogP contribution is 2.13. The van der Waals surface area contributed by atoms with Crippen LogP contribution in [0.5, 0.6) is 0 Å². The molecule has 112 valence electrons. The second-order valence-corrected chi connectivity index (χ2v) is 4.96. The van der Waals surface area contributed by atoms with Gasteiger partial charge in [-0.15, -0.1) is 0 Å². The molecule has 0 aromatic heterocycles. The minimum Gasteiger partial charge on any atom is -0.377 e. The van der Waals surface area contributed by atoms with Gasteiger partial charge in [0.25, 0.3) is 0 Å². The van der Waals surface area contributed by atoms with E-state index >= 15 is 0 Å². The molecular weight excluding hydrogens is 240 g/mol. The van der Waals surface area contributed by atoms with Crippen LogP contribution in [0.15, 0.2) is 23.3 Å². The van der Waals surface area contributed by atoms with Crippen LogP contribution in [0.4, 0.5) is 0 Å². The van der Waals surface area contributed by atoms with Gasteiger partial charge in [0.15, 0.2) is 6.29 Å². The van der Waals surface area contributed by atoms with Crippen molar-refractivity contribution in [3.63, 3.8) is 0 Å². The summed E-state index contributed by atoms with van der Waals surface area (Å²) in [5, 5.41) is 0. The van der Waals surface area contributed by atoms with Gasteiger partial charge in [-0.3, -0.25) is 0 Å². The van der Waals surface area contributed by atoms with Gasteiger partial charge in [-0.25, -0.2) is 0 Å². The molecule has 0 fully saturated rings. The molecule has 2 unspecified atom stereocenters. The smallest absolute Gasteiger partial charge is 0.159 e. The van der Waals surface area contributed by atoms with E-state index in [1.165, 1.54) is 11.1 Å². The average Bonchev–Trinajstić information content (AvgIpc) is 2.36. The Morgan fingerprint density at radius 2 is 1.79 bits per heavy atom. The van der Waals surface area contributed by atoms with Crippen LogP contribution in [0.1, 0.15) is 47.0 Å². The molecule has 0 bridgehead atoms. The molecule has 0 radical (unpaired) electrons.